The Hall–Kier alpha value is -4.39. The molecule has 4 rings (SSSR count). The van der Waals surface area contributed by atoms with Gasteiger partial charge in [-0.2, -0.15) is 5.10 Å². The topological polar surface area (TPSA) is 76.5 Å². The van der Waals surface area contributed by atoms with Gasteiger partial charge in [0, 0.05) is 17.2 Å². The van der Waals surface area contributed by atoms with Crippen molar-refractivity contribution in [3.63, 3.8) is 0 Å². The Morgan fingerprint density at radius 2 is 1.56 bits per heavy atom. The van der Waals surface area contributed by atoms with E-state index >= 15 is 0 Å². The molecule has 0 spiro atoms. The van der Waals surface area contributed by atoms with Crippen molar-refractivity contribution < 1.29 is 14.3 Å². The first kappa shape index (κ1) is 24.7. The standard InChI is InChI=1S/C29H30N4O3/c1-20(2)32(29(35)23-13-9-6-10-14-23)19-26(34)30-28-27(22-11-7-5-8-12-22)21(3)31-33(28)24-15-17-25(36-4)18-16-24/h5-18,20H,19H2,1-4H3,(H,30,34). The summed E-state index contributed by atoms with van der Waals surface area (Å²) in [7, 11) is 1.61. The van der Waals surface area contributed by atoms with Crippen LogP contribution in [0.15, 0.2) is 84.9 Å². The molecule has 184 valence electrons. The molecule has 1 aromatic heterocycles. The monoisotopic (exact) mass is 482 g/mol. The Bertz CT molecular complexity index is 1330. The molecule has 0 saturated carbocycles. The average Bonchev–Trinajstić information content (AvgIpc) is 3.23. The van der Waals surface area contributed by atoms with Crippen molar-refractivity contribution >= 4 is 17.6 Å². The smallest absolute Gasteiger partial charge is 0.254 e. The van der Waals surface area contributed by atoms with Crippen LogP contribution < -0.4 is 10.1 Å². The largest absolute Gasteiger partial charge is 0.497 e. The second-order valence-electron chi connectivity index (χ2n) is 8.73. The number of aromatic nitrogens is 2. The fourth-order valence-electron chi connectivity index (χ4n) is 4.07. The Morgan fingerprint density at radius 3 is 2.14 bits per heavy atom. The van der Waals surface area contributed by atoms with E-state index in [4.69, 9.17) is 9.84 Å². The number of hydrogen-bond acceptors (Lipinski definition) is 4. The normalized spacial score (nSPS) is 10.8. The van der Waals surface area contributed by atoms with Gasteiger partial charge in [0.05, 0.1) is 18.5 Å². The Kier molecular flexibility index (Phi) is 7.49. The van der Waals surface area contributed by atoms with E-state index in [0.29, 0.717) is 11.4 Å². The highest BCUT2D eigenvalue weighted by atomic mass is 16.5. The van der Waals surface area contributed by atoms with E-state index in [2.05, 4.69) is 5.32 Å². The number of ether oxygens (including phenoxy) is 1. The van der Waals surface area contributed by atoms with Crippen LogP contribution in [0, 0.1) is 6.92 Å². The predicted molar refractivity (Wildman–Crippen MR) is 142 cm³/mol. The number of rotatable bonds is 8. The number of anilines is 1. The van der Waals surface area contributed by atoms with Crippen LogP contribution in [0.3, 0.4) is 0 Å². The van der Waals surface area contributed by atoms with Gasteiger partial charge in [-0.25, -0.2) is 4.68 Å². The number of methoxy groups -OCH3 is 1. The van der Waals surface area contributed by atoms with E-state index in [1.54, 1.807) is 28.8 Å². The molecule has 1 N–H and O–H groups in total. The lowest BCUT2D eigenvalue weighted by Gasteiger charge is -2.26. The number of nitrogens with one attached hydrogen (secondary N) is 1. The van der Waals surface area contributed by atoms with Crippen LogP contribution in [0.25, 0.3) is 16.8 Å². The first-order valence-electron chi connectivity index (χ1n) is 11.8. The lowest BCUT2D eigenvalue weighted by atomic mass is 10.1. The zero-order valence-corrected chi connectivity index (χ0v) is 20.9. The SMILES string of the molecule is COc1ccc(-n2nc(C)c(-c3ccccc3)c2NC(=O)CN(C(=O)c2ccccc2)C(C)C)cc1. The second-order valence-corrected chi connectivity index (χ2v) is 8.73. The zero-order valence-electron chi connectivity index (χ0n) is 20.9. The Morgan fingerprint density at radius 1 is 0.944 bits per heavy atom. The molecule has 2 amide bonds. The van der Waals surface area contributed by atoms with E-state index < -0.39 is 0 Å². The maximum atomic E-state index is 13.4. The van der Waals surface area contributed by atoms with E-state index in [0.717, 1.165) is 28.3 Å². The molecule has 0 radical (unpaired) electrons. The van der Waals surface area contributed by atoms with Gasteiger partial charge in [0.1, 0.15) is 18.1 Å². The molecule has 0 fully saturated rings. The maximum absolute atomic E-state index is 13.4. The van der Waals surface area contributed by atoms with Crippen LogP contribution in [0.5, 0.6) is 5.75 Å². The van der Waals surface area contributed by atoms with Crippen molar-refractivity contribution in [3.05, 3.63) is 96.2 Å². The van der Waals surface area contributed by atoms with Crippen molar-refractivity contribution in [2.75, 3.05) is 19.0 Å². The van der Waals surface area contributed by atoms with Gasteiger partial charge in [-0.05, 0) is 62.7 Å². The van der Waals surface area contributed by atoms with Crippen LogP contribution in [0.2, 0.25) is 0 Å². The number of carbonyl (C=O) groups excluding carboxylic acids is 2. The molecule has 0 saturated heterocycles. The molecule has 1 heterocycles. The number of nitrogens with zero attached hydrogens (tertiary/aromatic N) is 3. The number of benzene rings is 3. The van der Waals surface area contributed by atoms with Crippen LogP contribution in [0.1, 0.15) is 29.9 Å². The van der Waals surface area contributed by atoms with E-state index in [9.17, 15) is 9.59 Å². The number of aryl methyl sites for hydroxylation is 1. The Balaban J connectivity index is 1.69. The minimum Gasteiger partial charge on any atom is -0.497 e. The Labute approximate surface area is 211 Å². The maximum Gasteiger partial charge on any atom is 0.254 e. The molecule has 0 bridgehead atoms. The third kappa shape index (κ3) is 5.30. The third-order valence-electron chi connectivity index (χ3n) is 5.92. The van der Waals surface area contributed by atoms with Crippen molar-refractivity contribution in [2.24, 2.45) is 0 Å². The van der Waals surface area contributed by atoms with Crippen molar-refractivity contribution in [3.8, 4) is 22.6 Å². The van der Waals surface area contributed by atoms with Crippen LogP contribution >= 0.6 is 0 Å². The molecule has 4 aromatic rings. The lowest BCUT2D eigenvalue weighted by Crippen LogP contribution is -2.42. The average molecular weight is 483 g/mol. The number of carbonyl (C=O) groups is 2. The minimum absolute atomic E-state index is 0.0908. The van der Waals surface area contributed by atoms with Gasteiger partial charge >= 0.3 is 0 Å². The summed E-state index contributed by atoms with van der Waals surface area (Å²) >= 11 is 0. The van der Waals surface area contributed by atoms with Gasteiger partial charge in [-0.15, -0.1) is 0 Å². The fraction of sp³-hybridized carbons (Fsp3) is 0.207. The molecule has 36 heavy (non-hydrogen) atoms. The molecule has 0 aliphatic carbocycles. The van der Waals surface area contributed by atoms with Crippen molar-refractivity contribution in [1.82, 2.24) is 14.7 Å². The van der Waals surface area contributed by atoms with Crippen LogP contribution in [-0.4, -0.2) is 46.2 Å². The van der Waals surface area contributed by atoms with Gasteiger partial charge in [-0.1, -0.05) is 48.5 Å². The molecule has 0 aliphatic rings. The van der Waals surface area contributed by atoms with Crippen LogP contribution in [-0.2, 0) is 4.79 Å². The second kappa shape index (κ2) is 10.9. The zero-order chi connectivity index (χ0) is 25.7. The summed E-state index contributed by atoms with van der Waals surface area (Å²) in [6.07, 6.45) is 0. The summed E-state index contributed by atoms with van der Waals surface area (Å²) < 4.78 is 7.00. The van der Waals surface area contributed by atoms with Crippen molar-refractivity contribution in [1.29, 1.82) is 0 Å². The summed E-state index contributed by atoms with van der Waals surface area (Å²) in [5, 5.41) is 7.80. The van der Waals surface area contributed by atoms with Crippen LogP contribution in [0.4, 0.5) is 5.82 Å². The third-order valence-corrected chi connectivity index (χ3v) is 5.92. The minimum atomic E-state index is -0.306. The highest BCUT2D eigenvalue weighted by Gasteiger charge is 2.24. The summed E-state index contributed by atoms with van der Waals surface area (Å²) in [5.74, 6) is 0.775. The highest BCUT2D eigenvalue weighted by Crippen LogP contribution is 2.33. The summed E-state index contributed by atoms with van der Waals surface area (Å²) in [5.41, 5.74) is 3.85. The first-order valence-corrected chi connectivity index (χ1v) is 11.8. The van der Waals surface area contributed by atoms with Gasteiger partial charge in [0.2, 0.25) is 5.91 Å². The molecule has 7 nitrogen and oxygen atoms in total. The van der Waals surface area contributed by atoms with E-state index in [1.807, 2.05) is 93.6 Å². The fourth-order valence-corrected chi connectivity index (χ4v) is 4.07. The molecule has 0 unspecified atom stereocenters. The molecule has 0 atom stereocenters. The van der Waals surface area contributed by atoms with Gasteiger partial charge in [0.25, 0.3) is 5.91 Å². The predicted octanol–water partition coefficient (Wildman–Crippen LogP) is 5.35. The van der Waals surface area contributed by atoms with Gasteiger partial charge in [-0.3, -0.25) is 9.59 Å². The van der Waals surface area contributed by atoms with Gasteiger partial charge < -0.3 is 15.0 Å². The van der Waals surface area contributed by atoms with Gasteiger partial charge in [0.15, 0.2) is 0 Å². The molecule has 7 heteroatoms. The molecular formula is C29H30N4O3. The van der Waals surface area contributed by atoms with E-state index in [-0.39, 0.29) is 24.4 Å². The number of amides is 2. The molecular weight excluding hydrogens is 452 g/mol. The van der Waals surface area contributed by atoms with E-state index in [1.165, 1.54) is 0 Å². The summed E-state index contributed by atoms with van der Waals surface area (Å²) in [6, 6.07) is 26.1. The number of hydrogen-bond donors (Lipinski definition) is 1. The lowest BCUT2D eigenvalue weighted by molar-refractivity contribution is -0.117. The molecule has 0 aliphatic heterocycles. The first-order chi connectivity index (χ1) is 17.4. The summed E-state index contributed by atoms with van der Waals surface area (Å²) in [4.78, 5) is 28.1. The summed E-state index contributed by atoms with van der Waals surface area (Å²) in [6.45, 7) is 5.62. The quantitative estimate of drug-likeness (QED) is 0.368. The molecule has 3 aromatic carbocycles. The van der Waals surface area contributed by atoms with Crippen molar-refractivity contribution in [2.45, 2.75) is 26.8 Å². The highest BCUT2D eigenvalue weighted by molar-refractivity contribution is 6.01.